The average Bonchev–Trinajstić information content (AvgIpc) is 2.70. The monoisotopic (exact) mass is 412 g/mol. The molecule has 0 aromatic heterocycles. The molecule has 2 aromatic carbocycles. The number of rotatable bonds is 6. The molecule has 0 aliphatic carbocycles. The van der Waals surface area contributed by atoms with E-state index in [0.717, 1.165) is 5.56 Å². The summed E-state index contributed by atoms with van der Waals surface area (Å²) < 4.78 is 28.4. The second-order valence-corrected chi connectivity index (χ2v) is 8.55. The van der Waals surface area contributed by atoms with Gasteiger partial charge in [-0.1, -0.05) is 46.6 Å². The van der Waals surface area contributed by atoms with E-state index in [1.807, 2.05) is 24.3 Å². The Hall–Kier alpha value is -1.81. The quantitative estimate of drug-likeness (QED) is 0.537. The summed E-state index contributed by atoms with van der Waals surface area (Å²) in [6.07, 6.45) is 0. The molecular weight excluding hydrogens is 392 g/mol. The molecule has 0 bridgehead atoms. The zero-order valence-corrected chi connectivity index (χ0v) is 16.2. The Balaban J connectivity index is 1.99. The first kappa shape index (κ1) is 19.9. The third-order valence-electron chi connectivity index (χ3n) is 4.37. The summed E-state index contributed by atoms with van der Waals surface area (Å²) >= 11 is 6.12. The van der Waals surface area contributed by atoms with Gasteiger partial charge in [-0.05, 0) is 29.3 Å². The second kappa shape index (κ2) is 8.05. The molecule has 0 spiro atoms. The fraction of sp³-hybridized carbons (Fsp3) is 0.278. The van der Waals surface area contributed by atoms with Crippen LogP contribution in [0.2, 0.25) is 5.02 Å². The van der Waals surface area contributed by atoms with Crippen LogP contribution in [0.15, 0.2) is 47.4 Å². The van der Waals surface area contributed by atoms with E-state index in [0.29, 0.717) is 27.7 Å². The van der Waals surface area contributed by atoms with Crippen LogP contribution in [-0.2, 0) is 9.53 Å². The summed E-state index contributed by atoms with van der Waals surface area (Å²) in [5, 5.41) is 12.4. The summed E-state index contributed by atoms with van der Waals surface area (Å²) in [5.74, 6) is -1.02. The van der Waals surface area contributed by atoms with Crippen LogP contribution >= 0.6 is 22.4 Å². The molecule has 1 aliphatic rings. The van der Waals surface area contributed by atoms with Crippen molar-refractivity contribution >= 4 is 34.0 Å². The third kappa shape index (κ3) is 4.06. The number of aliphatic carboxylic acids is 1. The summed E-state index contributed by atoms with van der Waals surface area (Å²) in [6, 6.07) is 12.2. The van der Waals surface area contributed by atoms with Crippen molar-refractivity contribution < 1.29 is 23.7 Å². The number of hydrogen-bond donors (Lipinski definition) is 4. The van der Waals surface area contributed by atoms with Crippen LogP contribution in [0, 0.1) is 0 Å². The molecule has 1 unspecified atom stereocenters. The van der Waals surface area contributed by atoms with Crippen molar-refractivity contribution in [3.05, 3.63) is 58.6 Å². The van der Waals surface area contributed by atoms with Gasteiger partial charge in [0.2, 0.25) is 0 Å². The van der Waals surface area contributed by atoms with Crippen molar-refractivity contribution in [1.82, 2.24) is 5.32 Å². The van der Waals surface area contributed by atoms with Crippen molar-refractivity contribution in [3.8, 4) is 0 Å². The van der Waals surface area contributed by atoms with E-state index >= 15 is 0 Å². The Bertz CT molecular complexity index is 848. The lowest BCUT2D eigenvalue weighted by Crippen LogP contribution is -2.27. The largest absolute Gasteiger partial charge is 0.480 e. The summed E-state index contributed by atoms with van der Waals surface area (Å²) in [6.45, 7) is 0.232. The molecule has 3 rings (SSSR count). The van der Waals surface area contributed by atoms with Crippen LogP contribution in [0.4, 0.5) is 5.69 Å². The van der Waals surface area contributed by atoms with E-state index in [-0.39, 0.29) is 19.3 Å². The molecular formula is C18H21ClN2O5S. The van der Waals surface area contributed by atoms with Crippen molar-refractivity contribution in [1.29, 1.82) is 0 Å². The number of ether oxygens (including phenoxy) is 1. The van der Waals surface area contributed by atoms with E-state index in [2.05, 4.69) is 5.32 Å². The lowest BCUT2D eigenvalue weighted by atomic mass is 9.97. The number of carboxylic acid groups (broad SMARTS) is 1. The van der Waals surface area contributed by atoms with E-state index in [1.165, 1.54) is 4.31 Å². The highest BCUT2D eigenvalue weighted by Gasteiger charge is 2.35. The van der Waals surface area contributed by atoms with Gasteiger partial charge in [-0.25, -0.2) is 4.79 Å². The third-order valence-corrected chi connectivity index (χ3v) is 6.51. The first-order valence-corrected chi connectivity index (χ1v) is 10.1. The van der Waals surface area contributed by atoms with Crippen molar-refractivity contribution in [2.24, 2.45) is 0 Å². The molecule has 0 radical (unpaired) electrons. The van der Waals surface area contributed by atoms with Gasteiger partial charge in [0.15, 0.2) is 0 Å². The van der Waals surface area contributed by atoms with Crippen LogP contribution in [0.5, 0.6) is 0 Å². The summed E-state index contributed by atoms with van der Waals surface area (Å²) in [5.41, 5.74) is 2.27. The lowest BCUT2D eigenvalue weighted by molar-refractivity contribution is -0.142. The molecule has 1 aliphatic heterocycles. The van der Waals surface area contributed by atoms with Gasteiger partial charge in [-0.3, -0.25) is 13.4 Å². The number of halogens is 1. The molecule has 0 fully saturated rings. The Kier molecular flexibility index (Phi) is 5.95. The fourth-order valence-electron chi connectivity index (χ4n) is 3.11. The Morgan fingerprint density at radius 3 is 2.74 bits per heavy atom. The molecule has 9 heteroatoms. The first-order chi connectivity index (χ1) is 12.8. The zero-order chi connectivity index (χ0) is 19.6. The number of nitrogens with one attached hydrogen (secondary N) is 1. The maximum absolute atomic E-state index is 10.9. The van der Waals surface area contributed by atoms with Crippen LogP contribution < -0.4 is 9.62 Å². The van der Waals surface area contributed by atoms with E-state index < -0.39 is 16.7 Å². The molecule has 1 heterocycles. The van der Waals surface area contributed by atoms with Crippen molar-refractivity contribution in [2.45, 2.75) is 10.9 Å². The van der Waals surface area contributed by atoms with Gasteiger partial charge in [-0.15, -0.1) is 0 Å². The van der Waals surface area contributed by atoms with Crippen LogP contribution in [0.1, 0.15) is 17.2 Å². The average molecular weight is 413 g/mol. The fourth-order valence-corrected chi connectivity index (χ4v) is 4.87. The molecule has 7 nitrogen and oxygen atoms in total. The lowest BCUT2D eigenvalue weighted by Gasteiger charge is -2.41. The number of carboxylic acids is 1. The standard InChI is InChI=1S/C18H21ClN2O5S/c1-21-15-5-3-2-4-13(15)18(20-8-9-26-11-17(22)23)14-7-6-12(19)10-16(14)27(21,24)25/h2-7,10,18,20,24-25H,8-9,11H2,1H3,(H,22,23). The maximum Gasteiger partial charge on any atom is 0.329 e. The van der Waals surface area contributed by atoms with Gasteiger partial charge in [0, 0.05) is 18.6 Å². The van der Waals surface area contributed by atoms with E-state index in [9.17, 15) is 13.9 Å². The normalized spacial score (nSPS) is 19.0. The number of hydrogen-bond acceptors (Lipinski definition) is 6. The van der Waals surface area contributed by atoms with Gasteiger partial charge < -0.3 is 15.2 Å². The first-order valence-electron chi connectivity index (χ1n) is 8.26. The van der Waals surface area contributed by atoms with Crippen LogP contribution in [0.3, 0.4) is 0 Å². The highest BCUT2D eigenvalue weighted by molar-refractivity contribution is 8.25. The smallest absolute Gasteiger partial charge is 0.329 e. The predicted octanol–water partition coefficient (Wildman–Crippen LogP) is 3.59. The van der Waals surface area contributed by atoms with Gasteiger partial charge in [-0.2, -0.15) is 0 Å². The minimum Gasteiger partial charge on any atom is -0.480 e. The molecule has 2 aromatic rings. The molecule has 0 saturated heterocycles. The minimum absolute atomic E-state index is 0.208. The number of anilines is 1. The highest BCUT2D eigenvalue weighted by Crippen LogP contribution is 2.59. The molecule has 0 amide bonds. The summed E-state index contributed by atoms with van der Waals surface area (Å²) in [7, 11) is -1.64. The SMILES string of the molecule is CN1c2ccccc2C(NCCOCC(=O)O)c2ccc(Cl)cc2S1(O)O. The number of fused-ring (bicyclic) bond motifs is 2. The molecule has 0 saturated carbocycles. The number of carbonyl (C=O) groups is 1. The Morgan fingerprint density at radius 2 is 2.00 bits per heavy atom. The molecule has 27 heavy (non-hydrogen) atoms. The van der Waals surface area contributed by atoms with Gasteiger partial charge in [0.05, 0.1) is 23.2 Å². The minimum atomic E-state index is -3.27. The van der Waals surface area contributed by atoms with Gasteiger partial charge in [0.1, 0.15) is 6.61 Å². The van der Waals surface area contributed by atoms with Crippen molar-refractivity contribution in [3.63, 3.8) is 0 Å². The topological polar surface area (TPSA) is 102 Å². The molecule has 4 N–H and O–H groups in total. The summed E-state index contributed by atoms with van der Waals surface area (Å²) in [4.78, 5) is 10.9. The number of benzene rings is 2. The van der Waals surface area contributed by atoms with Crippen LogP contribution in [-0.4, -0.2) is 47.0 Å². The molecule has 146 valence electrons. The molecule has 1 atom stereocenters. The highest BCUT2D eigenvalue weighted by atomic mass is 35.5. The van der Waals surface area contributed by atoms with E-state index in [1.54, 1.807) is 25.2 Å². The number of nitrogens with zero attached hydrogens (tertiary/aromatic N) is 1. The number of para-hydroxylation sites is 1. The maximum atomic E-state index is 10.9. The van der Waals surface area contributed by atoms with Crippen LogP contribution in [0.25, 0.3) is 0 Å². The Labute approximate surface area is 164 Å². The second-order valence-electron chi connectivity index (χ2n) is 6.09. The zero-order valence-electron chi connectivity index (χ0n) is 14.6. The van der Waals surface area contributed by atoms with Gasteiger partial charge >= 0.3 is 5.97 Å². The predicted molar refractivity (Wildman–Crippen MR) is 106 cm³/mol. The van der Waals surface area contributed by atoms with E-state index in [4.69, 9.17) is 21.4 Å². The Morgan fingerprint density at radius 1 is 1.26 bits per heavy atom. The van der Waals surface area contributed by atoms with Crippen molar-refractivity contribution in [2.75, 3.05) is 31.1 Å². The van der Waals surface area contributed by atoms with Gasteiger partial charge in [0.25, 0.3) is 0 Å².